The van der Waals surface area contributed by atoms with Crippen molar-refractivity contribution >= 4 is 11.8 Å². The molecule has 1 N–H and O–H groups in total. The molecule has 0 saturated carbocycles. The summed E-state index contributed by atoms with van der Waals surface area (Å²) in [5, 5.41) is 3.15. The molecular formula is C24H26N2O3. The standard InChI is InChI=1S/C24H26N2O3/c1-2-21(27)26-14-12-24(13-15-26,20-9-4-3-5-10-20)23(28)25-17-19-8-6-7-18-11-16-29-22(18)19/h2-10H,1,11-17H2,(H,25,28). The summed E-state index contributed by atoms with van der Waals surface area (Å²) in [6, 6.07) is 16.0. The van der Waals surface area contributed by atoms with Crippen LogP contribution in [0.2, 0.25) is 0 Å². The summed E-state index contributed by atoms with van der Waals surface area (Å²) < 4.78 is 5.77. The summed E-state index contributed by atoms with van der Waals surface area (Å²) in [7, 11) is 0. The quantitative estimate of drug-likeness (QED) is 0.799. The predicted molar refractivity (Wildman–Crippen MR) is 112 cm³/mol. The van der Waals surface area contributed by atoms with E-state index in [4.69, 9.17) is 4.74 Å². The second-order valence-electron chi connectivity index (χ2n) is 7.66. The van der Waals surface area contributed by atoms with Crippen molar-refractivity contribution < 1.29 is 14.3 Å². The number of hydrogen-bond donors (Lipinski definition) is 1. The molecule has 0 unspecified atom stereocenters. The van der Waals surface area contributed by atoms with Gasteiger partial charge in [0.05, 0.1) is 12.0 Å². The molecule has 0 aliphatic carbocycles. The molecule has 1 fully saturated rings. The van der Waals surface area contributed by atoms with Gasteiger partial charge in [-0.2, -0.15) is 0 Å². The van der Waals surface area contributed by atoms with E-state index in [-0.39, 0.29) is 11.8 Å². The lowest BCUT2D eigenvalue weighted by Crippen LogP contribution is -2.52. The lowest BCUT2D eigenvalue weighted by molar-refractivity contribution is -0.134. The smallest absolute Gasteiger partial charge is 0.245 e. The van der Waals surface area contributed by atoms with Gasteiger partial charge in [0.15, 0.2) is 0 Å². The molecule has 1 saturated heterocycles. The molecule has 0 spiro atoms. The molecule has 150 valence electrons. The Hall–Kier alpha value is -3.08. The average Bonchev–Trinajstić information content (AvgIpc) is 3.27. The van der Waals surface area contributed by atoms with Gasteiger partial charge >= 0.3 is 0 Å². The SMILES string of the molecule is C=CC(=O)N1CCC(C(=O)NCc2cccc3c2OCC3)(c2ccccc2)CC1. The number of nitrogens with zero attached hydrogens (tertiary/aromatic N) is 1. The number of para-hydroxylation sites is 1. The molecule has 2 heterocycles. The van der Waals surface area contributed by atoms with Crippen LogP contribution in [0.4, 0.5) is 0 Å². The Morgan fingerprint density at radius 2 is 1.86 bits per heavy atom. The van der Waals surface area contributed by atoms with Gasteiger partial charge in [-0.25, -0.2) is 0 Å². The van der Waals surface area contributed by atoms with Crippen molar-refractivity contribution in [3.05, 3.63) is 77.9 Å². The monoisotopic (exact) mass is 390 g/mol. The van der Waals surface area contributed by atoms with Crippen molar-refractivity contribution in [3.63, 3.8) is 0 Å². The number of ether oxygens (including phenoxy) is 1. The Labute approximate surface area is 171 Å². The summed E-state index contributed by atoms with van der Waals surface area (Å²) >= 11 is 0. The van der Waals surface area contributed by atoms with E-state index in [2.05, 4.69) is 18.0 Å². The van der Waals surface area contributed by atoms with Crippen molar-refractivity contribution in [1.82, 2.24) is 10.2 Å². The van der Waals surface area contributed by atoms with Crippen molar-refractivity contribution in [1.29, 1.82) is 0 Å². The van der Waals surface area contributed by atoms with E-state index >= 15 is 0 Å². The van der Waals surface area contributed by atoms with E-state index in [0.29, 0.717) is 39.1 Å². The third-order valence-corrected chi connectivity index (χ3v) is 6.10. The largest absolute Gasteiger partial charge is 0.493 e. The normalized spacial score (nSPS) is 17.2. The molecule has 0 radical (unpaired) electrons. The lowest BCUT2D eigenvalue weighted by Gasteiger charge is -2.40. The van der Waals surface area contributed by atoms with Crippen LogP contribution >= 0.6 is 0 Å². The second-order valence-corrected chi connectivity index (χ2v) is 7.66. The molecule has 2 aromatic rings. The second kappa shape index (κ2) is 8.11. The lowest BCUT2D eigenvalue weighted by atomic mass is 9.72. The fourth-order valence-corrected chi connectivity index (χ4v) is 4.41. The van der Waals surface area contributed by atoms with Gasteiger partial charge in [0.2, 0.25) is 11.8 Å². The van der Waals surface area contributed by atoms with E-state index in [9.17, 15) is 9.59 Å². The van der Waals surface area contributed by atoms with Crippen LogP contribution in [-0.4, -0.2) is 36.4 Å². The van der Waals surface area contributed by atoms with Crippen LogP contribution in [0.15, 0.2) is 61.2 Å². The van der Waals surface area contributed by atoms with Crippen molar-refractivity contribution in [2.24, 2.45) is 0 Å². The first-order valence-corrected chi connectivity index (χ1v) is 10.1. The number of fused-ring (bicyclic) bond motifs is 1. The molecule has 0 bridgehead atoms. The van der Waals surface area contributed by atoms with E-state index in [1.807, 2.05) is 42.5 Å². The zero-order valence-corrected chi connectivity index (χ0v) is 16.5. The third-order valence-electron chi connectivity index (χ3n) is 6.10. The molecule has 5 nitrogen and oxygen atoms in total. The maximum Gasteiger partial charge on any atom is 0.245 e. The molecule has 2 aliphatic rings. The third kappa shape index (κ3) is 3.65. The number of likely N-dealkylation sites (tertiary alicyclic amines) is 1. The predicted octanol–water partition coefficient (Wildman–Crippen LogP) is 2.98. The van der Waals surface area contributed by atoms with Gasteiger partial charge in [-0.05, 0) is 30.0 Å². The Bertz CT molecular complexity index is 915. The number of piperidine rings is 1. The number of nitrogens with one attached hydrogen (secondary N) is 1. The Balaban J connectivity index is 1.54. The fourth-order valence-electron chi connectivity index (χ4n) is 4.41. The summed E-state index contributed by atoms with van der Waals surface area (Å²) in [5.74, 6) is 0.835. The highest BCUT2D eigenvalue weighted by Crippen LogP contribution is 2.36. The van der Waals surface area contributed by atoms with Crippen LogP contribution in [0.5, 0.6) is 5.75 Å². The number of benzene rings is 2. The molecular weight excluding hydrogens is 364 g/mol. The van der Waals surface area contributed by atoms with Gasteiger partial charge in [-0.15, -0.1) is 0 Å². The first-order valence-electron chi connectivity index (χ1n) is 10.1. The van der Waals surface area contributed by atoms with Crippen LogP contribution in [0.25, 0.3) is 0 Å². The van der Waals surface area contributed by atoms with Crippen molar-refractivity contribution in [2.45, 2.75) is 31.2 Å². The molecule has 0 aromatic heterocycles. The minimum Gasteiger partial charge on any atom is -0.493 e. The maximum absolute atomic E-state index is 13.5. The van der Waals surface area contributed by atoms with Crippen LogP contribution in [0.3, 0.4) is 0 Å². The number of carbonyl (C=O) groups is 2. The Kier molecular flexibility index (Phi) is 5.38. The average molecular weight is 390 g/mol. The van der Waals surface area contributed by atoms with Gasteiger partial charge in [0.1, 0.15) is 5.75 Å². The summed E-state index contributed by atoms with van der Waals surface area (Å²) in [4.78, 5) is 27.2. The molecule has 4 rings (SSSR count). The number of rotatable bonds is 5. The van der Waals surface area contributed by atoms with E-state index < -0.39 is 5.41 Å². The minimum atomic E-state index is -0.641. The van der Waals surface area contributed by atoms with E-state index in [0.717, 1.165) is 23.3 Å². The Morgan fingerprint density at radius 1 is 1.10 bits per heavy atom. The maximum atomic E-state index is 13.5. The van der Waals surface area contributed by atoms with Crippen molar-refractivity contribution in [3.8, 4) is 5.75 Å². The first kappa shape index (κ1) is 19.2. The van der Waals surface area contributed by atoms with Gasteiger partial charge in [0, 0.05) is 31.6 Å². The first-order chi connectivity index (χ1) is 14.1. The zero-order chi connectivity index (χ0) is 20.3. The molecule has 2 aliphatic heterocycles. The van der Waals surface area contributed by atoms with Gasteiger partial charge in [0.25, 0.3) is 0 Å². The van der Waals surface area contributed by atoms with E-state index in [1.165, 1.54) is 11.6 Å². The number of amides is 2. The van der Waals surface area contributed by atoms with Gasteiger partial charge in [-0.3, -0.25) is 9.59 Å². The zero-order valence-electron chi connectivity index (χ0n) is 16.5. The summed E-state index contributed by atoms with van der Waals surface area (Å²) in [5.41, 5.74) is 2.57. The van der Waals surface area contributed by atoms with Crippen molar-refractivity contribution in [2.75, 3.05) is 19.7 Å². The minimum absolute atomic E-state index is 0.00463. The number of hydrogen-bond acceptors (Lipinski definition) is 3. The highest BCUT2D eigenvalue weighted by Gasteiger charge is 2.43. The van der Waals surface area contributed by atoms with Crippen LogP contribution in [-0.2, 0) is 28.0 Å². The Morgan fingerprint density at radius 3 is 2.59 bits per heavy atom. The summed E-state index contributed by atoms with van der Waals surface area (Å²) in [6.45, 7) is 5.78. The number of carbonyl (C=O) groups excluding carboxylic acids is 2. The fraction of sp³-hybridized carbons (Fsp3) is 0.333. The molecule has 5 heteroatoms. The van der Waals surface area contributed by atoms with Crippen LogP contribution in [0, 0.1) is 0 Å². The summed E-state index contributed by atoms with van der Waals surface area (Å²) in [6.07, 6.45) is 3.43. The topological polar surface area (TPSA) is 58.6 Å². The highest BCUT2D eigenvalue weighted by molar-refractivity contribution is 5.90. The van der Waals surface area contributed by atoms with E-state index in [1.54, 1.807) is 4.90 Å². The van der Waals surface area contributed by atoms with Crippen LogP contribution < -0.4 is 10.1 Å². The van der Waals surface area contributed by atoms with Gasteiger partial charge < -0.3 is 15.0 Å². The highest BCUT2D eigenvalue weighted by atomic mass is 16.5. The van der Waals surface area contributed by atoms with Crippen LogP contribution in [0.1, 0.15) is 29.5 Å². The molecule has 2 aromatic carbocycles. The molecule has 2 amide bonds. The molecule has 29 heavy (non-hydrogen) atoms. The molecule has 0 atom stereocenters. The van der Waals surface area contributed by atoms with Gasteiger partial charge in [-0.1, -0.05) is 55.1 Å².